The molecule has 4 rings (SSSR count). The zero-order valence-electron chi connectivity index (χ0n) is 13.3. The van der Waals surface area contributed by atoms with Crippen LogP contribution in [0.4, 0.5) is 11.4 Å². The van der Waals surface area contributed by atoms with E-state index in [1.54, 1.807) is 48.5 Å². The zero-order chi connectivity index (χ0) is 18.3. The number of hydroxylamine groups is 2. The lowest BCUT2D eigenvalue weighted by Gasteiger charge is -2.31. The number of fused-ring (bicyclic) bond motifs is 1. The summed E-state index contributed by atoms with van der Waals surface area (Å²) < 4.78 is 5.76. The molecule has 1 aliphatic heterocycles. The minimum absolute atomic E-state index is 0.0155. The first-order valence-corrected chi connectivity index (χ1v) is 7.77. The Bertz CT molecular complexity index is 996. The van der Waals surface area contributed by atoms with Gasteiger partial charge in [-0.05, 0) is 36.4 Å². The van der Waals surface area contributed by atoms with E-state index in [4.69, 9.17) is 4.42 Å². The number of nitro benzene ring substituents is 1. The summed E-state index contributed by atoms with van der Waals surface area (Å²) in [5.74, 6) is 0.276. The van der Waals surface area contributed by atoms with Crippen LogP contribution in [0.15, 0.2) is 65.1 Å². The molecule has 1 aliphatic rings. The number of carbonyl (C=O) groups is 1. The Morgan fingerprint density at radius 1 is 1.08 bits per heavy atom. The van der Waals surface area contributed by atoms with Crippen LogP contribution >= 0.6 is 0 Å². The van der Waals surface area contributed by atoms with E-state index in [0.717, 1.165) is 0 Å². The predicted octanol–water partition coefficient (Wildman–Crippen LogP) is 3.81. The fraction of sp³-hybridized carbons (Fsp3) is 0.0556. The zero-order valence-corrected chi connectivity index (χ0v) is 13.3. The second-order valence-electron chi connectivity index (χ2n) is 5.75. The Kier molecular flexibility index (Phi) is 3.67. The van der Waals surface area contributed by atoms with Crippen LogP contribution in [0.1, 0.15) is 22.3 Å². The van der Waals surface area contributed by atoms with Crippen molar-refractivity contribution in [2.45, 2.75) is 6.17 Å². The molecule has 2 aromatic carbocycles. The third-order valence-electron chi connectivity index (χ3n) is 4.16. The Hall–Kier alpha value is -3.65. The maximum atomic E-state index is 12.3. The third kappa shape index (κ3) is 2.58. The van der Waals surface area contributed by atoms with Gasteiger partial charge in [0, 0.05) is 23.4 Å². The number of furan rings is 1. The Balaban J connectivity index is 1.64. The van der Waals surface area contributed by atoms with E-state index in [1.165, 1.54) is 12.1 Å². The lowest BCUT2D eigenvalue weighted by Crippen LogP contribution is -2.40. The Morgan fingerprint density at radius 3 is 2.54 bits per heavy atom. The molecule has 2 heterocycles. The van der Waals surface area contributed by atoms with Crippen LogP contribution in [-0.2, 0) is 0 Å². The molecule has 1 aromatic heterocycles. The fourth-order valence-electron chi connectivity index (χ4n) is 2.84. The van der Waals surface area contributed by atoms with Crippen molar-refractivity contribution in [2.24, 2.45) is 0 Å². The van der Waals surface area contributed by atoms with Crippen LogP contribution in [0.2, 0.25) is 0 Å². The summed E-state index contributed by atoms with van der Waals surface area (Å²) in [6.45, 7) is 0. The predicted molar refractivity (Wildman–Crippen MR) is 91.6 cm³/mol. The first-order chi connectivity index (χ1) is 12.5. The van der Waals surface area contributed by atoms with E-state index in [9.17, 15) is 20.1 Å². The molecule has 0 bridgehead atoms. The summed E-state index contributed by atoms with van der Waals surface area (Å²) in [5, 5.41) is 24.6. The maximum absolute atomic E-state index is 12.3. The summed E-state index contributed by atoms with van der Waals surface area (Å²) in [5.41, 5.74) is 1.60. The summed E-state index contributed by atoms with van der Waals surface area (Å²) in [6.07, 6.45) is -0.871. The largest absolute Gasteiger partial charge is 0.457 e. The van der Waals surface area contributed by atoms with E-state index in [2.05, 4.69) is 5.32 Å². The molecule has 26 heavy (non-hydrogen) atoms. The monoisotopic (exact) mass is 351 g/mol. The van der Waals surface area contributed by atoms with E-state index in [1.807, 2.05) is 0 Å². The minimum Gasteiger partial charge on any atom is -0.457 e. The average Bonchev–Trinajstić information content (AvgIpc) is 3.14. The lowest BCUT2D eigenvalue weighted by molar-refractivity contribution is -0.384. The molecule has 0 unspecified atom stereocenters. The van der Waals surface area contributed by atoms with E-state index >= 15 is 0 Å². The van der Waals surface area contributed by atoms with Crippen molar-refractivity contribution in [2.75, 3.05) is 5.32 Å². The highest BCUT2D eigenvalue weighted by Crippen LogP contribution is 2.34. The molecule has 1 atom stereocenters. The highest BCUT2D eigenvalue weighted by Gasteiger charge is 2.34. The summed E-state index contributed by atoms with van der Waals surface area (Å²) in [6, 6.07) is 16.1. The van der Waals surface area contributed by atoms with Crippen molar-refractivity contribution in [1.82, 2.24) is 5.06 Å². The number of nitrogens with one attached hydrogen (secondary N) is 1. The van der Waals surface area contributed by atoms with Crippen molar-refractivity contribution < 1.29 is 19.3 Å². The van der Waals surface area contributed by atoms with E-state index < -0.39 is 17.0 Å². The number of hydrogen-bond donors (Lipinski definition) is 2. The lowest BCUT2D eigenvalue weighted by atomic mass is 10.1. The van der Waals surface area contributed by atoms with Crippen LogP contribution < -0.4 is 5.32 Å². The number of rotatable bonds is 3. The molecular formula is C18H13N3O5. The Labute approximate surface area is 147 Å². The molecule has 130 valence electrons. The van der Waals surface area contributed by atoms with Gasteiger partial charge in [0.25, 0.3) is 11.6 Å². The number of non-ortho nitro benzene ring substituents is 1. The number of benzene rings is 2. The van der Waals surface area contributed by atoms with Crippen molar-refractivity contribution >= 4 is 17.3 Å². The number of para-hydroxylation sites is 1. The number of carbonyl (C=O) groups excluding carboxylic acids is 1. The Morgan fingerprint density at radius 2 is 1.81 bits per heavy atom. The van der Waals surface area contributed by atoms with Gasteiger partial charge in [0.2, 0.25) is 0 Å². The number of hydrogen-bond acceptors (Lipinski definition) is 6. The molecule has 0 saturated heterocycles. The van der Waals surface area contributed by atoms with Gasteiger partial charge in [0.1, 0.15) is 11.5 Å². The van der Waals surface area contributed by atoms with Gasteiger partial charge in [-0.25, -0.2) is 0 Å². The smallest absolute Gasteiger partial charge is 0.281 e. The normalized spacial score (nSPS) is 16.1. The number of amides is 1. The quantitative estimate of drug-likeness (QED) is 0.422. The van der Waals surface area contributed by atoms with Crippen molar-refractivity contribution in [1.29, 1.82) is 0 Å². The number of nitrogens with zero attached hydrogens (tertiary/aromatic N) is 2. The van der Waals surface area contributed by atoms with Gasteiger partial charge in [0.15, 0.2) is 6.17 Å². The molecule has 2 N–H and O–H groups in total. The average molecular weight is 351 g/mol. The summed E-state index contributed by atoms with van der Waals surface area (Å²) >= 11 is 0. The highest BCUT2D eigenvalue weighted by molar-refractivity contribution is 6.00. The molecule has 8 heteroatoms. The minimum atomic E-state index is -0.871. The van der Waals surface area contributed by atoms with Gasteiger partial charge < -0.3 is 9.73 Å². The van der Waals surface area contributed by atoms with Crippen molar-refractivity contribution in [3.05, 3.63) is 82.1 Å². The molecule has 0 fully saturated rings. The fourth-order valence-corrected chi connectivity index (χ4v) is 2.84. The molecule has 3 aromatic rings. The number of anilines is 1. The van der Waals surface area contributed by atoms with Gasteiger partial charge in [-0.2, -0.15) is 5.06 Å². The standard InChI is InChI=1S/C18H13N3O5/c22-18-13-3-1-2-4-14(13)19-17(20(18)23)16-10-9-15(26-16)11-5-7-12(8-6-11)21(24)25/h1-10,17,19,23H/t17-/m0/s1. The molecule has 0 aliphatic carbocycles. The van der Waals surface area contributed by atoms with Gasteiger partial charge in [0.05, 0.1) is 10.5 Å². The SMILES string of the molecule is O=C1c2ccccc2N[C@H](c2ccc(-c3ccc([N+](=O)[O-])cc3)o2)N1O. The first kappa shape index (κ1) is 15.9. The molecule has 0 radical (unpaired) electrons. The van der Waals surface area contributed by atoms with Crippen LogP contribution in [0, 0.1) is 10.1 Å². The van der Waals surface area contributed by atoms with Crippen molar-refractivity contribution in [3.63, 3.8) is 0 Å². The van der Waals surface area contributed by atoms with Gasteiger partial charge in [-0.1, -0.05) is 12.1 Å². The van der Waals surface area contributed by atoms with Crippen molar-refractivity contribution in [3.8, 4) is 11.3 Å². The molecule has 0 spiro atoms. The second kappa shape index (κ2) is 6.01. The second-order valence-corrected chi connectivity index (χ2v) is 5.75. The molecule has 1 amide bonds. The van der Waals surface area contributed by atoms with Gasteiger partial charge in [-0.15, -0.1) is 0 Å². The van der Waals surface area contributed by atoms with Gasteiger partial charge >= 0.3 is 0 Å². The highest BCUT2D eigenvalue weighted by atomic mass is 16.6. The summed E-state index contributed by atoms with van der Waals surface area (Å²) in [7, 11) is 0. The van der Waals surface area contributed by atoms with E-state index in [-0.39, 0.29) is 5.69 Å². The molecule has 0 saturated carbocycles. The van der Waals surface area contributed by atoms with Crippen LogP contribution in [-0.4, -0.2) is 21.1 Å². The number of nitro groups is 1. The maximum Gasteiger partial charge on any atom is 0.281 e. The van der Waals surface area contributed by atoms with Crippen LogP contribution in [0.25, 0.3) is 11.3 Å². The third-order valence-corrected chi connectivity index (χ3v) is 4.16. The van der Waals surface area contributed by atoms with Crippen LogP contribution in [0.3, 0.4) is 0 Å². The molecular weight excluding hydrogens is 338 g/mol. The summed E-state index contributed by atoms with van der Waals surface area (Å²) in [4.78, 5) is 22.6. The first-order valence-electron chi connectivity index (χ1n) is 7.77. The van der Waals surface area contributed by atoms with E-state index in [0.29, 0.717) is 33.4 Å². The van der Waals surface area contributed by atoms with Crippen LogP contribution in [0.5, 0.6) is 0 Å². The topological polar surface area (TPSA) is 109 Å². The molecule has 8 nitrogen and oxygen atoms in total. The van der Waals surface area contributed by atoms with Gasteiger partial charge in [-0.3, -0.25) is 20.1 Å².